The van der Waals surface area contributed by atoms with Gasteiger partial charge >= 0.3 is 0 Å². The molecule has 0 heterocycles. The van der Waals surface area contributed by atoms with E-state index in [4.69, 9.17) is 9.47 Å². The second kappa shape index (κ2) is 7.29. The number of halogens is 5. The van der Waals surface area contributed by atoms with Crippen molar-refractivity contribution >= 4 is 91.2 Å². The van der Waals surface area contributed by atoms with Gasteiger partial charge in [0, 0.05) is 12.2 Å². The molecule has 0 saturated heterocycles. The van der Waals surface area contributed by atoms with E-state index in [1.807, 2.05) is 0 Å². The lowest BCUT2D eigenvalue weighted by atomic mass is 10.1. The minimum absolute atomic E-state index is 0.0977. The maximum absolute atomic E-state index is 12.1. The Morgan fingerprint density at radius 3 is 1.91 bits per heavy atom. The molecule has 0 atom stereocenters. The number of rotatable bonds is 3. The van der Waals surface area contributed by atoms with Crippen molar-refractivity contribution in [3.05, 3.63) is 40.3 Å². The summed E-state index contributed by atoms with van der Waals surface area (Å²) >= 11 is 16.6. The topological polar surface area (TPSA) is 52.6 Å². The molecule has 0 amide bonds. The molecular formula is C13H5Br5O4. The highest BCUT2D eigenvalue weighted by atomic mass is 79.9. The Kier molecular flexibility index (Phi) is 6.09. The minimum Gasteiger partial charge on any atom is -0.492 e. The zero-order valence-corrected chi connectivity index (χ0v) is 18.6. The number of allylic oxidation sites excluding steroid dienone is 3. The van der Waals surface area contributed by atoms with Crippen molar-refractivity contribution in [1.29, 1.82) is 0 Å². The molecule has 0 spiro atoms. The maximum Gasteiger partial charge on any atom is 0.235 e. The summed E-state index contributed by atoms with van der Waals surface area (Å²) in [5, 5.41) is 0. The number of ether oxygens (including phenoxy) is 2. The molecule has 0 bridgehead atoms. The van der Waals surface area contributed by atoms with Crippen molar-refractivity contribution in [3.63, 3.8) is 0 Å². The van der Waals surface area contributed by atoms with E-state index in [1.165, 1.54) is 13.2 Å². The molecule has 0 saturated carbocycles. The van der Waals surface area contributed by atoms with Crippen LogP contribution in [0.1, 0.15) is 0 Å². The lowest BCUT2D eigenvalue weighted by Gasteiger charge is -2.18. The van der Waals surface area contributed by atoms with Crippen LogP contribution in [0.15, 0.2) is 40.3 Å². The van der Waals surface area contributed by atoms with Gasteiger partial charge in [-0.2, -0.15) is 0 Å². The second-order valence-electron chi connectivity index (χ2n) is 3.95. The van der Waals surface area contributed by atoms with Crippen LogP contribution in [0.2, 0.25) is 0 Å². The molecule has 0 aromatic heterocycles. The van der Waals surface area contributed by atoms with Crippen LogP contribution in [0.5, 0.6) is 11.5 Å². The Morgan fingerprint density at radius 1 is 0.818 bits per heavy atom. The Labute approximate surface area is 167 Å². The first-order chi connectivity index (χ1) is 10.3. The third-order valence-corrected chi connectivity index (χ3v) is 7.87. The summed E-state index contributed by atoms with van der Waals surface area (Å²) in [6.07, 6.45) is 2.32. The normalized spacial score (nSPS) is 14.6. The van der Waals surface area contributed by atoms with E-state index in [0.717, 1.165) is 6.08 Å². The van der Waals surface area contributed by atoms with Crippen molar-refractivity contribution < 1.29 is 19.1 Å². The standard InChI is InChI=1S/C13H5Br5O4/c1-21-12-9(17)7(15)8(16)10(18)13(12)22-6-3-4(19)2-5(14)11(6)20/h2-3H,1H3. The molecule has 0 N–H and O–H groups in total. The third kappa shape index (κ3) is 3.43. The quantitative estimate of drug-likeness (QED) is 0.256. The first-order valence-corrected chi connectivity index (χ1v) is 9.49. The van der Waals surface area contributed by atoms with E-state index >= 15 is 0 Å². The highest BCUT2D eigenvalue weighted by molar-refractivity contribution is 9.15. The predicted molar refractivity (Wildman–Crippen MR) is 99.5 cm³/mol. The molecule has 2 rings (SSSR count). The van der Waals surface area contributed by atoms with Crippen LogP contribution in [0.3, 0.4) is 0 Å². The van der Waals surface area contributed by atoms with Crippen LogP contribution in [-0.4, -0.2) is 18.7 Å². The summed E-state index contributed by atoms with van der Waals surface area (Å²) in [5.41, 5.74) is 0. The lowest BCUT2D eigenvalue weighted by Crippen LogP contribution is -2.16. The molecule has 1 aromatic carbocycles. The Balaban J connectivity index is 2.55. The highest BCUT2D eigenvalue weighted by Crippen LogP contribution is 2.51. The molecule has 9 heteroatoms. The Morgan fingerprint density at radius 2 is 1.36 bits per heavy atom. The molecule has 0 radical (unpaired) electrons. The number of hydrogen-bond acceptors (Lipinski definition) is 4. The van der Waals surface area contributed by atoms with Gasteiger partial charge in [-0.1, -0.05) is 0 Å². The average Bonchev–Trinajstić information content (AvgIpc) is 2.47. The smallest absolute Gasteiger partial charge is 0.235 e. The zero-order chi connectivity index (χ0) is 16.6. The summed E-state index contributed by atoms with van der Waals surface area (Å²) in [5.74, 6) is -0.233. The van der Waals surface area contributed by atoms with E-state index in [2.05, 4.69) is 79.6 Å². The van der Waals surface area contributed by atoms with E-state index in [9.17, 15) is 9.59 Å². The number of Topliss-reactive ketones (excluding diaryl/α,β-unsaturated/α-hetero) is 1. The van der Waals surface area contributed by atoms with Gasteiger partial charge in [0.05, 0.1) is 29.5 Å². The summed E-state index contributed by atoms with van der Waals surface area (Å²) in [6.45, 7) is 0. The van der Waals surface area contributed by atoms with Gasteiger partial charge in [0.15, 0.2) is 23.0 Å². The molecule has 1 aliphatic carbocycles. The molecular weight excluding hydrogens is 620 g/mol. The van der Waals surface area contributed by atoms with Gasteiger partial charge in [-0.15, -0.1) is 0 Å². The van der Waals surface area contributed by atoms with Crippen molar-refractivity contribution in [2.45, 2.75) is 0 Å². The number of hydrogen-bond donors (Lipinski definition) is 0. The number of carbonyl (C=O) groups excluding carboxylic acids is 2. The molecule has 0 fully saturated rings. The van der Waals surface area contributed by atoms with E-state index in [-0.39, 0.29) is 21.8 Å². The Bertz CT molecular complexity index is 752. The summed E-state index contributed by atoms with van der Waals surface area (Å²) < 4.78 is 13.6. The molecule has 1 aliphatic rings. The molecule has 22 heavy (non-hydrogen) atoms. The fourth-order valence-corrected chi connectivity index (χ4v) is 4.30. The fourth-order valence-electron chi connectivity index (χ4n) is 1.60. The molecule has 116 valence electrons. The van der Waals surface area contributed by atoms with Gasteiger partial charge in [-0.25, -0.2) is 0 Å². The van der Waals surface area contributed by atoms with Crippen LogP contribution in [0.4, 0.5) is 0 Å². The first kappa shape index (κ1) is 18.4. The van der Waals surface area contributed by atoms with Gasteiger partial charge in [0.2, 0.25) is 5.78 Å². The van der Waals surface area contributed by atoms with Gasteiger partial charge in [-0.3, -0.25) is 9.59 Å². The van der Waals surface area contributed by atoms with Crippen LogP contribution >= 0.6 is 79.6 Å². The summed E-state index contributed by atoms with van der Waals surface area (Å²) in [6, 6.07) is 0. The summed E-state index contributed by atoms with van der Waals surface area (Å²) in [4.78, 5) is 23.6. The third-order valence-electron chi connectivity index (χ3n) is 2.58. The van der Waals surface area contributed by atoms with Crippen LogP contribution in [0.25, 0.3) is 0 Å². The van der Waals surface area contributed by atoms with E-state index in [1.54, 1.807) is 0 Å². The SMILES string of the molecule is COc1c(Br)c(Br)c(Br)c(Br)c1OC1=CC(=O)C=C(Br)C1=O. The van der Waals surface area contributed by atoms with E-state index < -0.39 is 5.78 Å². The first-order valence-electron chi connectivity index (χ1n) is 5.53. The number of carbonyl (C=O) groups is 2. The van der Waals surface area contributed by atoms with Crippen molar-refractivity contribution in [2.24, 2.45) is 0 Å². The minimum atomic E-state index is -0.427. The fraction of sp³-hybridized carbons (Fsp3) is 0.0769. The number of benzene rings is 1. The Hall–Kier alpha value is 0.0400. The zero-order valence-electron chi connectivity index (χ0n) is 10.7. The number of methoxy groups -OCH3 is 1. The van der Waals surface area contributed by atoms with Gasteiger partial charge in [0.25, 0.3) is 0 Å². The monoisotopic (exact) mass is 620 g/mol. The average molecular weight is 625 g/mol. The summed E-state index contributed by atoms with van der Waals surface area (Å²) in [7, 11) is 1.47. The largest absolute Gasteiger partial charge is 0.492 e. The second-order valence-corrected chi connectivity index (χ2v) is 7.98. The molecule has 0 aliphatic heterocycles. The molecule has 0 unspecified atom stereocenters. The molecule has 4 nitrogen and oxygen atoms in total. The van der Waals surface area contributed by atoms with Crippen molar-refractivity contribution in [3.8, 4) is 11.5 Å². The highest BCUT2D eigenvalue weighted by Gasteiger charge is 2.27. The van der Waals surface area contributed by atoms with Crippen LogP contribution in [-0.2, 0) is 9.59 Å². The van der Waals surface area contributed by atoms with Gasteiger partial charge < -0.3 is 9.47 Å². The maximum atomic E-state index is 12.1. The number of ketones is 2. The van der Waals surface area contributed by atoms with Gasteiger partial charge in [0.1, 0.15) is 0 Å². The lowest BCUT2D eigenvalue weighted by molar-refractivity contribution is -0.116. The van der Waals surface area contributed by atoms with Crippen LogP contribution in [0, 0.1) is 0 Å². The van der Waals surface area contributed by atoms with Crippen molar-refractivity contribution in [1.82, 2.24) is 0 Å². The molecule has 1 aromatic rings. The van der Waals surface area contributed by atoms with Crippen molar-refractivity contribution in [2.75, 3.05) is 7.11 Å². The van der Waals surface area contributed by atoms with E-state index in [0.29, 0.717) is 23.6 Å². The predicted octanol–water partition coefficient (Wildman–Crippen LogP) is 5.44. The van der Waals surface area contributed by atoms with Gasteiger partial charge in [-0.05, 0) is 79.6 Å². The van der Waals surface area contributed by atoms with Crippen LogP contribution < -0.4 is 9.47 Å².